The average Bonchev–Trinajstić information content (AvgIpc) is 3.69. The molecule has 0 spiro atoms. The predicted octanol–water partition coefficient (Wildman–Crippen LogP) is 4.26. The van der Waals surface area contributed by atoms with Gasteiger partial charge < -0.3 is 53.8 Å². The molecule has 2 aliphatic heterocycles. The van der Waals surface area contributed by atoms with Crippen molar-refractivity contribution in [3.8, 4) is 0 Å². The second kappa shape index (κ2) is 23.3. The van der Waals surface area contributed by atoms with Gasteiger partial charge in [0.2, 0.25) is 17.7 Å². The minimum absolute atomic E-state index is 0.0333. The number of hydrogen-bond acceptors (Lipinski definition) is 9. The standard InChI is InChI=1S/C44H76N7O10P/c1-14-30(4)38(48(11)41(54)37(29(2)3)46-42(47(9)10)49-23-25-50(26-24-49)43(55)61-44(6,7)8)34(59-12)28-36(52)51-22-18-21-33(51)39(60-13)31(5)40(53)45-35(62(56,57)58)27-32-19-16-15-17-20-32/h15-17,19-20,29-31,33-35,37-39H,14,18,21-28H2,1-13H3,(H,45,53)(H2,56,57,58)/b46-42-/t30-,31+,33-,34+,35+,37-,38-,39+/m0/s1. The van der Waals surface area contributed by atoms with Crippen LogP contribution in [0.25, 0.3) is 0 Å². The third-order valence-electron chi connectivity index (χ3n) is 12.0. The Bertz CT molecular complexity index is 1700. The Morgan fingerprint density at radius 2 is 1.53 bits per heavy atom. The van der Waals surface area contributed by atoms with Crippen molar-refractivity contribution in [2.75, 3.05) is 68.1 Å². The molecule has 0 unspecified atom stereocenters. The number of likely N-dealkylation sites (tertiary alicyclic amines) is 1. The number of carbonyl (C=O) groups is 4. The SMILES string of the molecule is CC[C@H](C)[C@@H]([C@@H](CC(=O)N1CCC[C@H]1[C@H](OC)[C@@H](C)C(=O)N[C@@H](Cc1ccccc1)P(=O)(O)O)OC)N(C)C(=O)[C@@H](/N=C(/N(C)C)N1CCN(C(=O)OC(C)(C)C)CC1)C(C)C. The molecule has 1 aromatic rings. The number of amides is 4. The van der Waals surface area contributed by atoms with Crippen molar-refractivity contribution in [3.05, 3.63) is 35.9 Å². The Kier molecular flexibility index (Phi) is 19.7. The zero-order chi connectivity index (χ0) is 46.7. The van der Waals surface area contributed by atoms with E-state index in [-0.39, 0.29) is 42.6 Å². The number of piperazine rings is 1. The first-order valence-corrected chi connectivity index (χ1v) is 23.6. The minimum atomic E-state index is -4.73. The van der Waals surface area contributed by atoms with Crippen LogP contribution in [0.1, 0.15) is 86.6 Å². The van der Waals surface area contributed by atoms with Crippen molar-refractivity contribution in [2.24, 2.45) is 22.7 Å². The highest BCUT2D eigenvalue weighted by Gasteiger charge is 2.44. The monoisotopic (exact) mass is 894 g/mol. The Morgan fingerprint density at radius 1 is 0.935 bits per heavy atom. The van der Waals surface area contributed by atoms with Gasteiger partial charge in [0, 0.05) is 74.5 Å². The van der Waals surface area contributed by atoms with Crippen molar-refractivity contribution in [2.45, 2.75) is 129 Å². The van der Waals surface area contributed by atoms with Gasteiger partial charge in [0.05, 0.1) is 36.6 Å². The molecule has 4 amide bonds. The highest BCUT2D eigenvalue weighted by atomic mass is 31.2. The number of nitrogens with zero attached hydrogens (tertiary/aromatic N) is 6. The van der Waals surface area contributed by atoms with Gasteiger partial charge in [0.25, 0.3) is 0 Å². The van der Waals surface area contributed by atoms with Gasteiger partial charge in [-0.3, -0.25) is 18.9 Å². The lowest BCUT2D eigenvalue weighted by molar-refractivity contribution is -0.146. The summed E-state index contributed by atoms with van der Waals surface area (Å²) in [5.74, 6) is -2.89. The van der Waals surface area contributed by atoms with Gasteiger partial charge in [-0.25, -0.2) is 9.79 Å². The summed E-state index contributed by atoms with van der Waals surface area (Å²) in [4.78, 5) is 89.8. The Morgan fingerprint density at radius 3 is 2.03 bits per heavy atom. The molecule has 8 atom stereocenters. The third-order valence-corrected chi connectivity index (χ3v) is 13.1. The number of nitrogens with one attached hydrogen (secondary N) is 1. The lowest BCUT2D eigenvalue weighted by Gasteiger charge is -2.41. The van der Waals surface area contributed by atoms with Gasteiger partial charge >= 0.3 is 13.7 Å². The molecule has 0 bridgehead atoms. The molecule has 0 saturated carbocycles. The third kappa shape index (κ3) is 14.4. The molecule has 18 heteroatoms. The van der Waals surface area contributed by atoms with Crippen molar-refractivity contribution >= 4 is 37.4 Å². The van der Waals surface area contributed by atoms with E-state index in [4.69, 9.17) is 19.2 Å². The van der Waals surface area contributed by atoms with Crippen LogP contribution in [0.3, 0.4) is 0 Å². The van der Waals surface area contributed by atoms with Gasteiger partial charge in [-0.2, -0.15) is 0 Å². The van der Waals surface area contributed by atoms with Crippen molar-refractivity contribution < 1.29 is 47.7 Å². The van der Waals surface area contributed by atoms with E-state index in [1.54, 1.807) is 66.1 Å². The molecule has 2 fully saturated rings. The van der Waals surface area contributed by atoms with E-state index in [1.165, 1.54) is 7.11 Å². The lowest BCUT2D eigenvalue weighted by Crippen LogP contribution is -2.56. The van der Waals surface area contributed by atoms with E-state index in [9.17, 15) is 33.5 Å². The number of rotatable bonds is 18. The van der Waals surface area contributed by atoms with Crippen molar-refractivity contribution in [1.29, 1.82) is 0 Å². The van der Waals surface area contributed by atoms with Gasteiger partial charge in [-0.1, -0.05) is 71.4 Å². The molecule has 17 nitrogen and oxygen atoms in total. The van der Waals surface area contributed by atoms with E-state index in [1.807, 2.05) is 67.5 Å². The summed E-state index contributed by atoms with van der Waals surface area (Å²) in [6, 6.07) is 7.08. The molecule has 0 radical (unpaired) electrons. The molecule has 0 aromatic heterocycles. The number of benzene rings is 1. The molecule has 0 aliphatic carbocycles. The predicted molar refractivity (Wildman–Crippen MR) is 239 cm³/mol. The lowest BCUT2D eigenvalue weighted by atomic mass is 9.89. The fraction of sp³-hybridized carbons (Fsp3) is 0.750. The smallest absolute Gasteiger partial charge is 0.410 e. The maximum Gasteiger partial charge on any atom is 0.410 e. The van der Waals surface area contributed by atoms with Crippen molar-refractivity contribution in [1.82, 2.24) is 29.8 Å². The van der Waals surface area contributed by atoms with Gasteiger partial charge in [-0.15, -0.1) is 0 Å². The van der Waals surface area contributed by atoms with E-state index in [0.717, 1.165) is 0 Å². The Hall–Kier alpha value is -3.76. The summed E-state index contributed by atoms with van der Waals surface area (Å²) in [5.41, 5.74) is 0.0666. The van der Waals surface area contributed by atoms with Crippen LogP contribution in [0.2, 0.25) is 0 Å². The second-order valence-corrected chi connectivity index (χ2v) is 20.2. The maximum absolute atomic E-state index is 14.6. The normalized spacial score (nSPS) is 19.9. The topological polar surface area (TPSA) is 194 Å². The van der Waals surface area contributed by atoms with Crippen LogP contribution in [0.5, 0.6) is 0 Å². The van der Waals surface area contributed by atoms with Crippen LogP contribution >= 0.6 is 7.60 Å². The summed E-state index contributed by atoms with van der Waals surface area (Å²) in [6.07, 6.45) is 0.0611. The largest absolute Gasteiger partial charge is 0.444 e. The highest BCUT2D eigenvalue weighted by Crippen LogP contribution is 2.41. The van der Waals surface area contributed by atoms with Crippen LogP contribution in [0.15, 0.2) is 35.3 Å². The average molecular weight is 894 g/mol. The molecule has 352 valence electrons. The summed E-state index contributed by atoms with van der Waals surface area (Å²) in [7, 11) is 3.81. The summed E-state index contributed by atoms with van der Waals surface area (Å²) in [6.45, 7) is 17.5. The zero-order valence-electron chi connectivity index (χ0n) is 39.4. The number of aliphatic imine (C=N–C) groups is 1. The number of ether oxygens (including phenoxy) is 3. The van der Waals surface area contributed by atoms with Crippen LogP contribution in [0.4, 0.5) is 4.79 Å². The zero-order valence-corrected chi connectivity index (χ0v) is 40.3. The summed E-state index contributed by atoms with van der Waals surface area (Å²) >= 11 is 0. The van der Waals surface area contributed by atoms with Crippen LogP contribution < -0.4 is 5.32 Å². The van der Waals surface area contributed by atoms with E-state index in [2.05, 4.69) is 10.2 Å². The Labute approximate surface area is 370 Å². The molecule has 62 heavy (non-hydrogen) atoms. The van der Waals surface area contributed by atoms with Crippen LogP contribution in [-0.2, 0) is 39.6 Å². The molecule has 2 saturated heterocycles. The quantitative estimate of drug-likeness (QED) is 0.108. The van der Waals surface area contributed by atoms with Crippen LogP contribution in [0, 0.1) is 17.8 Å². The maximum atomic E-state index is 14.6. The fourth-order valence-corrected chi connectivity index (χ4v) is 9.16. The van der Waals surface area contributed by atoms with E-state index in [0.29, 0.717) is 63.5 Å². The molecule has 2 heterocycles. The fourth-order valence-electron chi connectivity index (χ4n) is 8.41. The second-order valence-electron chi connectivity index (χ2n) is 18.4. The molecular weight excluding hydrogens is 817 g/mol. The molecule has 3 N–H and O–H groups in total. The van der Waals surface area contributed by atoms with Gasteiger partial charge in [0.15, 0.2) is 5.96 Å². The molecule has 3 rings (SSSR count). The first-order chi connectivity index (χ1) is 28.9. The van der Waals surface area contributed by atoms with E-state index >= 15 is 0 Å². The van der Waals surface area contributed by atoms with Crippen LogP contribution in [-0.4, -0.2) is 174 Å². The van der Waals surface area contributed by atoms with Gasteiger partial charge in [0.1, 0.15) is 17.4 Å². The first kappa shape index (κ1) is 52.6. The minimum Gasteiger partial charge on any atom is -0.444 e. The van der Waals surface area contributed by atoms with Crippen molar-refractivity contribution in [3.63, 3.8) is 0 Å². The number of guanidine groups is 1. The number of methoxy groups -OCH3 is 2. The summed E-state index contributed by atoms with van der Waals surface area (Å²) in [5, 5.41) is 2.58. The molecular formula is C44H76N7O10P. The Balaban J connectivity index is 1.81. The number of hydrogen-bond donors (Lipinski definition) is 3. The summed E-state index contributed by atoms with van der Waals surface area (Å²) < 4.78 is 30.0. The highest BCUT2D eigenvalue weighted by molar-refractivity contribution is 7.52. The first-order valence-electron chi connectivity index (χ1n) is 21.9. The van der Waals surface area contributed by atoms with Gasteiger partial charge in [-0.05, 0) is 51.0 Å². The molecule has 2 aliphatic rings. The number of carbonyl (C=O) groups excluding carboxylic acids is 4. The number of likely N-dealkylation sites (N-methyl/N-ethyl adjacent to an activating group) is 1. The van der Waals surface area contributed by atoms with E-state index < -0.39 is 61.1 Å². The molecule has 1 aromatic carbocycles.